The van der Waals surface area contributed by atoms with Crippen molar-refractivity contribution in [2.45, 2.75) is 51.8 Å². The summed E-state index contributed by atoms with van der Waals surface area (Å²) in [6.07, 6.45) is 2.16. The number of piperidine rings is 1. The molecule has 0 radical (unpaired) electrons. The zero-order chi connectivity index (χ0) is 20.7. The Hall–Kier alpha value is -3.07. The Morgan fingerprint density at radius 3 is 2.79 bits per heavy atom. The number of imide groups is 1. The van der Waals surface area contributed by atoms with Gasteiger partial charge in [-0.3, -0.25) is 19.7 Å². The predicted octanol–water partition coefficient (Wildman–Crippen LogP) is 1.11. The van der Waals surface area contributed by atoms with Crippen molar-refractivity contribution in [2.75, 3.05) is 0 Å². The number of rotatable bonds is 5. The summed E-state index contributed by atoms with van der Waals surface area (Å²) in [5, 5.41) is 20.7. The first-order valence-electron chi connectivity index (χ1n) is 9.71. The van der Waals surface area contributed by atoms with Gasteiger partial charge in [0.15, 0.2) is 0 Å². The van der Waals surface area contributed by atoms with Crippen LogP contribution < -0.4 is 5.32 Å². The maximum absolute atomic E-state index is 12.8. The maximum Gasteiger partial charge on any atom is 0.255 e. The third-order valence-corrected chi connectivity index (χ3v) is 5.32. The molecule has 2 N–H and O–H groups in total. The van der Waals surface area contributed by atoms with Gasteiger partial charge in [0.25, 0.3) is 5.91 Å². The maximum atomic E-state index is 12.8. The largest absolute Gasteiger partial charge is 0.387 e. The normalized spacial score (nSPS) is 20.2. The molecule has 0 bridgehead atoms. The fourth-order valence-corrected chi connectivity index (χ4v) is 3.83. The van der Waals surface area contributed by atoms with Crippen molar-refractivity contribution in [3.8, 4) is 5.69 Å². The van der Waals surface area contributed by atoms with E-state index in [0.29, 0.717) is 36.6 Å². The van der Waals surface area contributed by atoms with E-state index in [9.17, 15) is 19.5 Å². The summed E-state index contributed by atoms with van der Waals surface area (Å²) < 4.78 is 1.57. The van der Waals surface area contributed by atoms with Crippen LogP contribution in [-0.2, 0) is 16.1 Å². The molecule has 152 valence electrons. The summed E-state index contributed by atoms with van der Waals surface area (Å²) in [4.78, 5) is 37.8. The Balaban J connectivity index is 1.54. The van der Waals surface area contributed by atoms with Crippen LogP contribution in [0.5, 0.6) is 0 Å². The Bertz CT molecular complexity index is 983. The summed E-state index contributed by atoms with van der Waals surface area (Å²) in [5.41, 5.74) is 2.55. The summed E-state index contributed by atoms with van der Waals surface area (Å²) >= 11 is 0. The second-order valence-corrected chi connectivity index (χ2v) is 7.97. The number of hydrogen-bond acceptors (Lipinski definition) is 6. The first-order chi connectivity index (χ1) is 13.8. The molecule has 1 aromatic heterocycles. The fourth-order valence-electron chi connectivity index (χ4n) is 3.83. The number of carbonyl (C=O) groups excluding carboxylic acids is 3. The number of benzene rings is 1. The van der Waals surface area contributed by atoms with Gasteiger partial charge >= 0.3 is 0 Å². The molecule has 2 aromatic rings. The lowest BCUT2D eigenvalue weighted by Gasteiger charge is -2.29. The summed E-state index contributed by atoms with van der Waals surface area (Å²) in [6, 6.07) is 4.68. The van der Waals surface area contributed by atoms with E-state index in [4.69, 9.17) is 0 Å². The molecule has 1 aromatic carbocycles. The SMILES string of the molecule is CC(C)CC(O)c1cn(-c2ccc3c(c2)CN(C2CCC(=O)NC2=O)C3=O)nn1. The Morgan fingerprint density at radius 2 is 2.07 bits per heavy atom. The van der Waals surface area contributed by atoms with Gasteiger partial charge in [-0.2, -0.15) is 0 Å². The highest BCUT2D eigenvalue weighted by Gasteiger charge is 2.39. The van der Waals surface area contributed by atoms with Crippen LogP contribution in [0.3, 0.4) is 0 Å². The number of carbonyl (C=O) groups is 3. The molecule has 1 saturated heterocycles. The van der Waals surface area contributed by atoms with Crippen LogP contribution >= 0.6 is 0 Å². The van der Waals surface area contributed by atoms with Gasteiger partial charge in [-0.15, -0.1) is 5.10 Å². The topological polar surface area (TPSA) is 117 Å². The molecular formula is C20H23N5O4. The Kier molecular flexibility index (Phi) is 4.91. The third-order valence-electron chi connectivity index (χ3n) is 5.32. The van der Waals surface area contributed by atoms with E-state index in [1.54, 1.807) is 23.0 Å². The molecule has 0 aliphatic carbocycles. The molecule has 2 aliphatic heterocycles. The fraction of sp³-hybridized carbons (Fsp3) is 0.450. The molecule has 3 heterocycles. The van der Waals surface area contributed by atoms with E-state index in [-0.39, 0.29) is 18.2 Å². The summed E-state index contributed by atoms with van der Waals surface area (Å²) in [6.45, 7) is 4.35. The first-order valence-corrected chi connectivity index (χ1v) is 9.71. The number of amides is 3. The standard InChI is InChI=1S/C20H23N5O4/c1-11(2)7-17(26)15-10-25(23-22-15)13-3-4-14-12(8-13)9-24(20(14)29)16-5-6-18(27)21-19(16)28/h3-4,8,10-11,16-17,26H,5-7,9H2,1-2H3,(H,21,27,28). The van der Waals surface area contributed by atoms with Gasteiger partial charge in [-0.25, -0.2) is 4.68 Å². The molecule has 2 atom stereocenters. The molecule has 29 heavy (non-hydrogen) atoms. The molecule has 2 aliphatic rings. The van der Waals surface area contributed by atoms with Crippen molar-refractivity contribution in [3.63, 3.8) is 0 Å². The van der Waals surface area contributed by atoms with Crippen molar-refractivity contribution < 1.29 is 19.5 Å². The van der Waals surface area contributed by atoms with Gasteiger partial charge < -0.3 is 10.0 Å². The minimum Gasteiger partial charge on any atom is -0.387 e. The minimum absolute atomic E-state index is 0.215. The number of fused-ring (bicyclic) bond motifs is 1. The van der Waals surface area contributed by atoms with E-state index in [1.165, 1.54) is 4.90 Å². The highest BCUT2D eigenvalue weighted by atomic mass is 16.3. The molecular weight excluding hydrogens is 374 g/mol. The summed E-state index contributed by atoms with van der Waals surface area (Å²) in [5.74, 6) is -0.617. The highest BCUT2D eigenvalue weighted by molar-refractivity contribution is 6.05. The summed E-state index contributed by atoms with van der Waals surface area (Å²) in [7, 11) is 0. The molecule has 1 fully saturated rings. The van der Waals surface area contributed by atoms with Gasteiger partial charge in [-0.1, -0.05) is 19.1 Å². The highest BCUT2D eigenvalue weighted by Crippen LogP contribution is 2.29. The second-order valence-electron chi connectivity index (χ2n) is 7.97. The zero-order valence-electron chi connectivity index (χ0n) is 16.3. The lowest BCUT2D eigenvalue weighted by molar-refractivity contribution is -0.136. The number of aromatic nitrogens is 3. The van der Waals surface area contributed by atoms with Crippen molar-refractivity contribution in [3.05, 3.63) is 41.2 Å². The zero-order valence-corrected chi connectivity index (χ0v) is 16.3. The average molecular weight is 397 g/mol. The van der Waals surface area contributed by atoms with Crippen molar-refractivity contribution in [1.82, 2.24) is 25.2 Å². The van der Waals surface area contributed by atoms with Gasteiger partial charge in [-0.05, 0) is 42.5 Å². The van der Waals surface area contributed by atoms with E-state index in [0.717, 1.165) is 11.3 Å². The van der Waals surface area contributed by atoms with Crippen LogP contribution in [-0.4, -0.2) is 48.8 Å². The number of aliphatic hydroxyl groups is 1. The van der Waals surface area contributed by atoms with Crippen molar-refractivity contribution in [1.29, 1.82) is 0 Å². The predicted molar refractivity (Wildman–Crippen MR) is 102 cm³/mol. The lowest BCUT2D eigenvalue weighted by Crippen LogP contribution is -2.52. The number of aliphatic hydroxyl groups excluding tert-OH is 1. The lowest BCUT2D eigenvalue weighted by atomic mass is 10.0. The molecule has 0 saturated carbocycles. The van der Waals surface area contributed by atoms with Crippen LogP contribution in [0.4, 0.5) is 0 Å². The van der Waals surface area contributed by atoms with Crippen LogP contribution in [0.25, 0.3) is 5.69 Å². The number of nitrogens with zero attached hydrogens (tertiary/aromatic N) is 4. The van der Waals surface area contributed by atoms with Crippen molar-refractivity contribution in [2.24, 2.45) is 5.92 Å². The second kappa shape index (κ2) is 7.40. The van der Waals surface area contributed by atoms with Crippen LogP contribution in [0.2, 0.25) is 0 Å². The average Bonchev–Trinajstić information content (AvgIpc) is 3.27. The minimum atomic E-state index is -0.678. The number of hydrogen-bond donors (Lipinski definition) is 2. The quantitative estimate of drug-likeness (QED) is 0.730. The van der Waals surface area contributed by atoms with Gasteiger partial charge in [0.05, 0.1) is 18.0 Å². The Labute approximate surface area is 167 Å². The van der Waals surface area contributed by atoms with Crippen molar-refractivity contribution >= 4 is 17.7 Å². The van der Waals surface area contributed by atoms with Crippen LogP contribution in [0, 0.1) is 5.92 Å². The first kappa shape index (κ1) is 19.3. The van der Waals surface area contributed by atoms with Crippen LogP contribution in [0.1, 0.15) is 60.8 Å². The molecule has 9 heteroatoms. The van der Waals surface area contributed by atoms with Crippen LogP contribution in [0.15, 0.2) is 24.4 Å². The van der Waals surface area contributed by atoms with E-state index in [1.807, 2.05) is 19.9 Å². The van der Waals surface area contributed by atoms with E-state index in [2.05, 4.69) is 15.6 Å². The molecule has 0 spiro atoms. The molecule has 4 rings (SSSR count). The van der Waals surface area contributed by atoms with E-state index < -0.39 is 18.1 Å². The monoisotopic (exact) mass is 397 g/mol. The number of nitrogens with one attached hydrogen (secondary N) is 1. The molecule has 2 unspecified atom stereocenters. The Morgan fingerprint density at radius 1 is 1.28 bits per heavy atom. The van der Waals surface area contributed by atoms with Gasteiger partial charge in [0.1, 0.15) is 11.7 Å². The van der Waals surface area contributed by atoms with Gasteiger partial charge in [0, 0.05) is 18.5 Å². The third kappa shape index (κ3) is 3.65. The van der Waals surface area contributed by atoms with Gasteiger partial charge in [0.2, 0.25) is 11.8 Å². The smallest absolute Gasteiger partial charge is 0.255 e. The molecule has 9 nitrogen and oxygen atoms in total. The van der Waals surface area contributed by atoms with E-state index >= 15 is 0 Å². The molecule has 3 amide bonds.